The highest BCUT2D eigenvalue weighted by Gasteiger charge is 2.28. The van der Waals surface area contributed by atoms with Crippen LogP contribution in [0.1, 0.15) is 27.0 Å². The Morgan fingerprint density at radius 1 is 1.00 bits per heavy atom. The Morgan fingerprint density at radius 3 is 2.35 bits per heavy atom. The molecule has 4 aromatic rings. The summed E-state index contributed by atoms with van der Waals surface area (Å²) < 4.78 is 56.1. The second kappa shape index (κ2) is 9.57. The Hall–Kier alpha value is -4.40. The molecule has 37 heavy (non-hydrogen) atoms. The minimum Gasteiger partial charge on any atom is -0.304 e. The maximum Gasteiger partial charge on any atom is 0.256 e. The summed E-state index contributed by atoms with van der Waals surface area (Å²) in [6.45, 7) is 0.615. The summed E-state index contributed by atoms with van der Waals surface area (Å²) >= 11 is 0. The Labute approximate surface area is 211 Å². The molecule has 1 aliphatic rings. The van der Waals surface area contributed by atoms with Gasteiger partial charge >= 0.3 is 0 Å². The average Bonchev–Trinajstić information content (AvgIpc) is 3.30. The van der Waals surface area contributed by atoms with E-state index < -0.39 is 33.1 Å². The zero-order valence-electron chi connectivity index (χ0n) is 19.2. The molecule has 3 aromatic carbocycles. The quantitative estimate of drug-likeness (QED) is 0.409. The maximum absolute atomic E-state index is 14.2. The number of amides is 1. The Morgan fingerprint density at radius 2 is 1.68 bits per heavy atom. The van der Waals surface area contributed by atoms with Crippen LogP contribution in [0.4, 0.5) is 14.6 Å². The van der Waals surface area contributed by atoms with Crippen molar-refractivity contribution in [1.29, 1.82) is 5.26 Å². The largest absolute Gasteiger partial charge is 0.304 e. The van der Waals surface area contributed by atoms with Gasteiger partial charge in [0, 0.05) is 18.7 Å². The molecular formula is C26H19F2N5O3S. The summed E-state index contributed by atoms with van der Waals surface area (Å²) in [5.41, 5.74) is 1.25. The number of carbonyl (C=O) groups excluding carboxylic acids is 1. The van der Waals surface area contributed by atoms with Crippen LogP contribution >= 0.6 is 0 Å². The fourth-order valence-electron chi connectivity index (χ4n) is 4.24. The van der Waals surface area contributed by atoms with E-state index in [1.165, 1.54) is 34.6 Å². The molecule has 0 aliphatic carbocycles. The lowest BCUT2D eigenvalue weighted by Gasteiger charge is -2.28. The number of nitrogens with one attached hydrogen (secondary N) is 2. The lowest BCUT2D eigenvalue weighted by molar-refractivity contribution is 0.102. The molecule has 0 unspecified atom stereocenters. The molecule has 0 atom stereocenters. The zero-order chi connectivity index (χ0) is 26.2. The number of aromatic amines is 1. The first-order valence-corrected chi connectivity index (χ1v) is 12.6. The summed E-state index contributed by atoms with van der Waals surface area (Å²) in [7, 11) is -3.78. The van der Waals surface area contributed by atoms with Crippen molar-refractivity contribution in [2.24, 2.45) is 0 Å². The lowest BCUT2D eigenvalue weighted by atomic mass is 10.0. The van der Waals surface area contributed by atoms with Gasteiger partial charge in [-0.3, -0.25) is 9.89 Å². The number of sulfonamides is 1. The van der Waals surface area contributed by atoms with Crippen LogP contribution in [-0.2, 0) is 23.0 Å². The van der Waals surface area contributed by atoms with Crippen molar-refractivity contribution < 1.29 is 22.0 Å². The number of fused-ring (bicyclic) bond motifs is 1. The van der Waals surface area contributed by atoms with Gasteiger partial charge in [0.05, 0.1) is 16.2 Å². The van der Waals surface area contributed by atoms with Gasteiger partial charge < -0.3 is 5.32 Å². The van der Waals surface area contributed by atoms with E-state index in [1.807, 2.05) is 24.3 Å². The third kappa shape index (κ3) is 4.48. The van der Waals surface area contributed by atoms with E-state index in [0.29, 0.717) is 13.0 Å². The average molecular weight is 520 g/mol. The van der Waals surface area contributed by atoms with E-state index in [-0.39, 0.29) is 34.1 Å². The standard InChI is InChI=1S/C26H19F2N5O3S/c27-21-6-3-7-22(28)23(21)24-20(14-29)25(32-31-24)30-26(34)17-8-10-19(11-9-17)37(35,36)33-13-12-16-4-1-2-5-18(16)15-33/h1-11H,12-13,15H2,(H2,30,31,32,34). The molecular weight excluding hydrogens is 500 g/mol. The second-order valence-corrected chi connectivity index (χ2v) is 10.3. The van der Waals surface area contributed by atoms with E-state index >= 15 is 0 Å². The van der Waals surface area contributed by atoms with Crippen molar-refractivity contribution in [2.45, 2.75) is 17.9 Å². The van der Waals surface area contributed by atoms with E-state index in [9.17, 15) is 27.3 Å². The van der Waals surface area contributed by atoms with Gasteiger partial charge in [0.2, 0.25) is 10.0 Å². The van der Waals surface area contributed by atoms with Crippen LogP contribution in [0.25, 0.3) is 11.3 Å². The number of nitrogens with zero attached hydrogens (tertiary/aromatic N) is 3. The van der Waals surface area contributed by atoms with Gasteiger partial charge in [-0.15, -0.1) is 0 Å². The topological polar surface area (TPSA) is 119 Å². The highest BCUT2D eigenvalue weighted by molar-refractivity contribution is 7.89. The number of rotatable bonds is 5. The van der Waals surface area contributed by atoms with E-state index in [4.69, 9.17) is 0 Å². The Bertz CT molecular complexity index is 1640. The monoisotopic (exact) mass is 519 g/mol. The maximum atomic E-state index is 14.2. The minimum absolute atomic E-state index is 0.0400. The third-order valence-electron chi connectivity index (χ3n) is 6.17. The summed E-state index contributed by atoms with van der Waals surface area (Å²) in [6.07, 6.45) is 0.611. The van der Waals surface area contributed by atoms with Crippen molar-refractivity contribution in [3.8, 4) is 17.3 Å². The molecule has 5 rings (SSSR count). The first-order chi connectivity index (χ1) is 17.8. The summed E-state index contributed by atoms with van der Waals surface area (Å²) in [5.74, 6) is -2.69. The minimum atomic E-state index is -3.78. The number of benzene rings is 3. The molecule has 0 spiro atoms. The van der Waals surface area contributed by atoms with E-state index in [0.717, 1.165) is 23.3 Å². The molecule has 0 saturated carbocycles. The summed E-state index contributed by atoms with van der Waals surface area (Å²) in [4.78, 5) is 12.8. The highest BCUT2D eigenvalue weighted by Crippen LogP contribution is 2.31. The van der Waals surface area contributed by atoms with Gasteiger partial charge in [0.1, 0.15) is 23.3 Å². The van der Waals surface area contributed by atoms with Crippen molar-refractivity contribution in [3.05, 3.63) is 101 Å². The van der Waals surface area contributed by atoms with Crippen LogP contribution in [0.15, 0.2) is 71.6 Å². The number of carbonyl (C=O) groups is 1. The van der Waals surface area contributed by atoms with Crippen molar-refractivity contribution in [2.75, 3.05) is 11.9 Å². The first kappa shape index (κ1) is 24.3. The smallest absolute Gasteiger partial charge is 0.256 e. The van der Waals surface area contributed by atoms with Crippen molar-refractivity contribution in [3.63, 3.8) is 0 Å². The molecule has 0 fully saturated rings. The van der Waals surface area contributed by atoms with Crippen molar-refractivity contribution in [1.82, 2.24) is 14.5 Å². The zero-order valence-corrected chi connectivity index (χ0v) is 20.0. The highest BCUT2D eigenvalue weighted by atomic mass is 32.2. The molecule has 0 radical (unpaired) electrons. The first-order valence-electron chi connectivity index (χ1n) is 11.2. The number of hydrogen-bond acceptors (Lipinski definition) is 5. The second-order valence-electron chi connectivity index (χ2n) is 8.37. The fourth-order valence-corrected chi connectivity index (χ4v) is 5.66. The third-order valence-corrected chi connectivity index (χ3v) is 8.03. The van der Waals surface area contributed by atoms with E-state index in [2.05, 4.69) is 15.5 Å². The Balaban J connectivity index is 1.35. The molecule has 2 N–H and O–H groups in total. The van der Waals surface area contributed by atoms with Gasteiger partial charge in [-0.25, -0.2) is 17.2 Å². The number of halogens is 2. The van der Waals surface area contributed by atoms with Crippen molar-refractivity contribution >= 4 is 21.7 Å². The number of aromatic nitrogens is 2. The predicted molar refractivity (Wildman–Crippen MR) is 131 cm³/mol. The molecule has 0 bridgehead atoms. The Kier molecular flexibility index (Phi) is 6.29. The van der Waals surface area contributed by atoms with E-state index in [1.54, 1.807) is 6.07 Å². The molecule has 8 nitrogen and oxygen atoms in total. The normalized spacial score (nSPS) is 13.5. The molecule has 2 heterocycles. The molecule has 11 heteroatoms. The molecule has 0 saturated heterocycles. The van der Waals surface area contributed by atoms with Crippen LogP contribution in [0.2, 0.25) is 0 Å². The van der Waals surface area contributed by atoms with Crippen LogP contribution < -0.4 is 5.32 Å². The molecule has 1 aliphatic heterocycles. The van der Waals surface area contributed by atoms with Crippen LogP contribution in [-0.4, -0.2) is 35.4 Å². The number of nitriles is 1. The molecule has 1 amide bonds. The number of H-pyrrole nitrogens is 1. The van der Waals surface area contributed by atoms with Gasteiger partial charge in [-0.1, -0.05) is 30.3 Å². The number of anilines is 1. The van der Waals surface area contributed by atoms with Crippen LogP contribution in [0.3, 0.4) is 0 Å². The number of hydrogen-bond donors (Lipinski definition) is 2. The summed E-state index contributed by atoms with van der Waals surface area (Å²) in [5, 5.41) is 18.2. The van der Waals surface area contributed by atoms with Crippen LogP contribution in [0, 0.1) is 23.0 Å². The summed E-state index contributed by atoms with van der Waals surface area (Å²) in [6, 6.07) is 18.1. The van der Waals surface area contributed by atoms with Gasteiger partial charge in [-0.05, 0) is 53.9 Å². The molecule has 186 valence electrons. The SMILES string of the molecule is N#Cc1c(NC(=O)c2ccc(S(=O)(=O)N3CCc4ccccc4C3)cc2)n[nH]c1-c1c(F)cccc1F. The fraction of sp³-hybridized carbons (Fsp3) is 0.115. The van der Waals surface area contributed by atoms with Gasteiger partial charge in [-0.2, -0.15) is 14.7 Å². The van der Waals surface area contributed by atoms with Crippen LogP contribution in [0.5, 0.6) is 0 Å². The molecule has 1 aromatic heterocycles. The predicted octanol–water partition coefficient (Wildman–Crippen LogP) is 4.23. The van der Waals surface area contributed by atoms with Gasteiger partial charge in [0.15, 0.2) is 5.82 Å². The van der Waals surface area contributed by atoms with Gasteiger partial charge in [0.25, 0.3) is 5.91 Å². The lowest BCUT2D eigenvalue weighted by Crippen LogP contribution is -2.35.